The Morgan fingerprint density at radius 3 is 2.60 bits per heavy atom. The summed E-state index contributed by atoms with van der Waals surface area (Å²) in [4.78, 5) is 16.2. The van der Waals surface area contributed by atoms with E-state index < -0.39 is 0 Å². The second-order valence-electron chi connectivity index (χ2n) is 5.99. The Kier molecular flexibility index (Phi) is 6.20. The minimum atomic E-state index is -0.269. The summed E-state index contributed by atoms with van der Waals surface area (Å²) in [6.07, 6.45) is 3.26. The fourth-order valence-corrected chi connectivity index (χ4v) is 2.11. The number of carbonyl (C=O) groups is 1. The summed E-state index contributed by atoms with van der Waals surface area (Å²) in [5, 5.41) is 2.92. The lowest BCUT2D eigenvalue weighted by Crippen LogP contribution is -2.33. The average molecular weight is 281 g/mol. The Labute approximate surface area is 121 Å². The standard InChI is InChI=1S/C15H27N3O2/c1-6-10(4)13(16)15-18-12(8-20-15)14(19)17-11(5)7-9(2)3/h8-11,13H,6-7,16H2,1-5H3,(H,17,19). The highest BCUT2D eigenvalue weighted by Gasteiger charge is 2.21. The summed E-state index contributed by atoms with van der Waals surface area (Å²) < 4.78 is 5.34. The van der Waals surface area contributed by atoms with E-state index in [9.17, 15) is 4.79 Å². The van der Waals surface area contributed by atoms with Crippen LogP contribution in [0.2, 0.25) is 0 Å². The molecule has 20 heavy (non-hydrogen) atoms. The van der Waals surface area contributed by atoms with Crippen LogP contribution in [0.25, 0.3) is 0 Å². The second-order valence-corrected chi connectivity index (χ2v) is 5.99. The zero-order valence-electron chi connectivity index (χ0n) is 13.1. The fraction of sp³-hybridized carbons (Fsp3) is 0.733. The van der Waals surface area contributed by atoms with E-state index >= 15 is 0 Å². The average Bonchev–Trinajstić information content (AvgIpc) is 2.85. The molecule has 3 unspecified atom stereocenters. The largest absolute Gasteiger partial charge is 0.446 e. The van der Waals surface area contributed by atoms with E-state index in [-0.39, 0.29) is 23.9 Å². The predicted octanol–water partition coefficient (Wildman–Crippen LogP) is 2.88. The fourth-order valence-electron chi connectivity index (χ4n) is 2.11. The molecule has 114 valence electrons. The van der Waals surface area contributed by atoms with E-state index in [1.807, 2.05) is 13.8 Å². The Morgan fingerprint density at radius 2 is 2.05 bits per heavy atom. The van der Waals surface area contributed by atoms with Gasteiger partial charge in [0.15, 0.2) is 5.69 Å². The van der Waals surface area contributed by atoms with Crippen LogP contribution in [0.4, 0.5) is 0 Å². The molecule has 1 aromatic rings. The van der Waals surface area contributed by atoms with Crippen molar-refractivity contribution in [3.63, 3.8) is 0 Å². The maximum Gasteiger partial charge on any atom is 0.273 e. The van der Waals surface area contributed by atoms with Crippen molar-refractivity contribution in [1.29, 1.82) is 0 Å². The number of hydrogen-bond donors (Lipinski definition) is 2. The first kappa shape index (κ1) is 16.7. The van der Waals surface area contributed by atoms with E-state index in [1.54, 1.807) is 0 Å². The summed E-state index contributed by atoms with van der Waals surface area (Å²) >= 11 is 0. The summed E-state index contributed by atoms with van der Waals surface area (Å²) in [7, 11) is 0. The minimum absolute atomic E-state index is 0.117. The summed E-state index contributed by atoms with van der Waals surface area (Å²) in [6, 6.07) is -0.152. The second kappa shape index (κ2) is 7.43. The van der Waals surface area contributed by atoms with Crippen molar-refractivity contribution in [1.82, 2.24) is 10.3 Å². The predicted molar refractivity (Wildman–Crippen MR) is 79.3 cm³/mol. The molecule has 0 radical (unpaired) electrons. The van der Waals surface area contributed by atoms with Crippen LogP contribution in [0.5, 0.6) is 0 Å². The molecule has 1 rings (SSSR count). The number of aromatic nitrogens is 1. The van der Waals surface area contributed by atoms with Gasteiger partial charge in [0.25, 0.3) is 5.91 Å². The van der Waals surface area contributed by atoms with Gasteiger partial charge < -0.3 is 15.5 Å². The molecule has 1 amide bonds. The minimum Gasteiger partial charge on any atom is -0.446 e. The molecule has 0 aromatic carbocycles. The quantitative estimate of drug-likeness (QED) is 0.805. The number of rotatable bonds is 7. The summed E-state index contributed by atoms with van der Waals surface area (Å²) in [5.41, 5.74) is 6.34. The molecule has 0 fully saturated rings. The maximum absolute atomic E-state index is 12.0. The summed E-state index contributed by atoms with van der Waals surface area (Å²) in [5.74, 6) is 1.03. The molecule has 1 heterocycles. The van der Waals surface area contributed by atoms with Crippen LogP contribution in [-0.2, 0) is 0 Å². The SMILES string of the molecule is CCC(C)C(N)c1nc(C(=O)NC(C)CC(C)C)co1. The number of nitrogens with two attached hydrogens (primary N) is 1. The van der Waals surface area contributed by atoms with Crippen LogP contribution >= 0.6 is 0 Å². The lowest BCUT2D eigenvalue weighted by Gasteiger charge is -2.15. The van der Waals surface area contributed by atoms with Crippen LogP contribution in [0, 0.1) is 11.8 Å². The first-order valence-corrected chi connectivity index (χ1v) is 7.37. The van der Waals surface area contributed by atoms with Crippen molar-refractivity contribution in [3.05, 3.63) is 17.8 Å². The van der Waals surface area contributed by atoms with E-state index in [0.717, 1.165) is 12.8 Å². The number of oxazole rings is 1. The first-order chi connectivity index (χ1) is 9.35. The molecule has 0 aliphatic rings. The van der Waals surface area contributed by atoms with Crippen molar-refractivity contribution < 1.29 is 9.21 Å². The molecule has 0 saturated carbocycles. The Morgan fingerprint density at radius 1 is 1.40 bits per heavy atom. The van der Waals surface area contributed by atoms with E-state index in [2.05, 4.69) is 31.1 Å². The number of amides is 1. The summed E-state index contributed by atoms with van der Waals surface area (Å²) in [6.45, 7) is 10.3. The van der Waals surface area contributed by atoms with Crippen LogP contribution in [0.15, 0.2) is 10.7 Å². The smallest absolute Gasteiger partial charge is 0.273 e. The topological polar surface area (TPSA) is 81.1 Å². The Bertz CT molecular complexity index is 429. The molecule has 5 heteroatoms. The van der Waals surface area contributed by atoms with Gasteiger partial charge in [-0.05, 0) is 25.2 Å². The molecule has 0 aliphatic carbocycles. The van der Waals surface area contributed by atoms with Crippen LogP contribution in [-0.4, -0.2) is 16.9 Å². The zero-order valence-corrected chi connectivity index (χ0v) is 13.1. The van der Waals surface area contributed by atoms with Gasteiger partial charge in [-0.3, -0.25) is 4.79 Å². The molecule has 3 atom stereocenters. The highest BCUT2D eigenvalue weighted by molar-refractivity contribution is 5.92. The van der Waals surface area contributed by atoms with Gasteiger partial charge in [-0.1, -0.05) is 34.1 Å². The van der Waals surface area contributed by atoms with Gasteiger partial charge in [-0.15, -0.1) is 0 Å². The van der Waals surface area contributed by atoms with E-state index in [4.69, 9.17) is 10.2 Å². The highest BCUT2D eigenvalue weighted by atomic mass is 16.3. The molecular formula is C15H27N3O2. The molecular weight excluding hydrogens is 254 g/mol. The number of nitrogens with one attached hydrogen (secondary N) is 1. The molecule has 0 spiro atoms. The highest BCUT2D eigenvalue weighted by Crippen LogP contribution is 2.21. The maximum atomic E-state index is 12.0. The van der Waals surface area contributed by atoms with Gasteiger partial charge in [0, 0.05) is 6.04 Å². The number of hydrogen-bond acceptors (Lipinski definition) is 4. The van der Waals surface area contributed by atoms with Crippen LogP contribution < -0.4 is 11.1 Å². The van der Waals surface area contributed by atoms with Gasteiger partial charge in [-0.2, -0.15) is 0 Å². The molecule has 0 aliphatic heterocycles. The van der Waals surface area contributed by atoms with Crippen molar-refractivity contribution in [2.75, 3.05) is 0 Å². The lowest BCUT2D eigenvalue weighted by molar-refractivity contribution is 0.0931. The van der Waals surface area contributed by atoms with E-state index in [1.165, 1.54) is 6.26 Å². The third kappa shape index (κ3) is 4.63. The Hall–Kier alpha value is -1.36. The van der Waals surface area contributed by atoms with Gasteiger partial charge in [0.05, 0.1) is 6.04 Å². The van der Waals surface area contributed by atoms with Gasteiger partial charge >= 0.3 is 0 Å². The molecule has 0 bridgehead atoms. The van der Waals surface area contributed by atoms with Gasteiger partial charge in [0.2, 0.25) is 5.89 Å². The number of carbonyl (C=O) groups excluding carboxylic acids is 1. The number of nitrogens with zero attached hydrogens (tertiary/aromatic N) is 1. The third-order valence-corrected chi connectivity index (χ3v) is 3.50. The van der Waals surface area contributed by atoms with E-state index in [0.29, 0.717) is 17.5 Å². The lowest BCUT2D eigenvalue weighted by atomic mass is 10.0. The third-order valence-electron chi connectivity index (χ3n) is 3.50. The van der Waals surface area contributed by atoms with Crippen LogP contribution in [0.1, 0.15) is 69.9 Å². The van der Waals surface area contributed by atoms with Gasteiger partial charge in [0.1, 0.15) is 6.26 Å². The van der Waals surface area contributed by atoms with Crippen molar-refractivity contribution in [3.8, 4) is 0 Å². The first-order valence-electron chi connectivity index (χ1n) is 7.37. The molecule has 5 nitrogen and oxygen atoms in total. The van der Waals surface area contributed by atoms with Crippen molar-refractivity contribution >= 4 is 5.91 Å². The molecule has 3 N–H and O–H groups in total. The normalized spacial score (nSPS) is 15.9. The van der Waals surface area contributed by atoms with Crippen molar-refractivity contribution in [2.45, 2.75) is 59.5 Å². The van der Waals surface area contributed by atoms with Gasteiger partial charge in [-0.25, -0.2) is 4.98 Å². The monoisotopic (exact) mass is 281 g/mol. The zero-order chi connectivity index (χ0) is 15.3. The van der Waals surface area contributed by atoms with Crippen molar-refractivity contribution in [2.24, 2.45) is 17.6 Å². The van der Waals surface area contributed by atoms with Crippen LogP contribution in [0.3, 0.4) is 0 Å². The Balaban J connectivity index is 2.64. The molecule has 0 saturated heterocycles. The molecule has 1 aromatic heterocycles.